The Balaban J connectivity index is 1.39. The second-order valence-electron chi connectivity index (χ2n) is 7.64. The van der Waals surface area contributed by atoms with Crippen molar-refractivity contribution in [1.29, 1.82) is 0 Å². The number of ether oxygens (including phenoxy) is 1. The average Bonchev–Trinajstić information content (AvgIpc) is 2.94. The summed E-state index contributed by atoms with van der Waals surface area (Å²) in [5.74, 6) is 0.919. The molecule has 1 aliphatic carbocycles. The third-order valence-corrected chi connectivity index (χ3v) is 5.86. The molecule has 1 aromatic heterocycles. The highest BCUT2D eigenvalue weighted by atomic mass is 16.5. The van der Waals surface area contributed by atoms with Crippen molar-refractivity contribution >= 4 is 5.78 Å². The molecule has 4 heteroatoms. The molecular formula is C19H28N2O2. The standard InChI is InChI=1S/C19H28N2O2/c1-13-10-17(14(2)21(13)16-5-6-16)18(22)12-20-8-7-15(11-20)19-4-3-9-23-19/h10,15-16,19H,3-9,11-12H2,1-2H3. The lowest BCUT2D eigenvalue weighted by Gasteiger charge is -2.19. The molecule has 2 unspecified atom stereocenters. The molecule has 0 aromatic carbocycles. The van der Waals surface area contributed by atoms with Crippen LogP contribution in [0.25, 0.3) is 0 Å². The van der Waals surface area contributed by atoms with Crippen LogP contribution in [0.4, 0.5) is 0 Å². The summed E-state index contributed by atoms with van der Waals surface area (Å²) in [5, 5.41) is 0. The highest BCUT2D eigenvalue weighted by Gasteiger charge is 2.33. The monoisotopic (exact) mass is 316 g/mol. The molecule has 0 bridgehead atoms. The van der Waals surface area contributed by atoms with Crippen LogP contribution in [0, 0.1) is 19.8 Å². The van der Waals surface area contributed by atoms with Gasteiger partial charge in [0, 0.05) is 36.1 Å². The molecule has 0 spiro atoms. The summed E-state index contributed by atoms with van der Waals surface area (Å²) >= 11 is 0. The number of Topliss-reactive ketones (excluding diaryl/α,β-unsaturated/α-hetero) is 1. The van der Waals surface area contributed by atoms with Gasteiger partial charge in [0.1, 0.15) is 0 Å². The zero-order chi connectivity index (χ0) is 16.0. The van der Waals surface area contributed by atoms with Crippen molar-refractivity contribution in [2.24, 2.45) is 5.92 Å². The van der Waals surface area contributed by atoms with E-state index < -0.39 is 0 Å². The lowest BCUT2D eigenvalue weighted by Crippen LogP contribution is -2.30. The Morgan fingerprint density at radius 1 is 1.26 bits per heavy atom. The number of aryl methyl sites for hydroxylation is 1. The van der Waals surface area contributed by atoms with Gasteiger partial charge >= 0.3 is 0 Å². The minimum atomic E-state index is 0.290. The molecule has 2 saturated heterocycles. The molecule has 23 heavy (non-hydrogen) atoms. The van der Waals surface area contributed by atoms with E-state index in [4.69, 9.17) is 4.74 Å². The number of carbonyl (C=O) groups is 1. The quantitative estimate of drug-likeness (QED) is 0.783. The van der Waals surface area contributed by atoms with E-state index in [1.54, 1.807) is 0 Å². The van der Waals surface area contributed by atoms with Crippen LogP contribution >= 0.6 is 0 Å². The maximum atomic E-state index is 12.8. The first-order valence-corrected chi connectivity index (χ1v) is 9.19. The lowest BCUT2D eigenvalue weighted by molar-refractivity contribution is 0.0648. The highest BCUT2D eigenvalue weighted by molar-refractivity contribution is 5.99. The van der Waals surface area contributed by atoms with Gasteiger partial charge in [0.25, 0.3) is 0 Å². The number of likely N-dealkylation sites (tertiary alicyclic amines) is 1. The number of aromatic nitrogens is 1. The predicted octanol–water partition coefficient (Wildman–Crippen LogP) is 3.12. The van der Waals surface area contributed by atoms with Gasteiger partial charge in [0.05, 0.1) is 12.6 Å². The van der Waals surface area contributed by atoms with Crippen LogP contribution in [0.15, 0.2) is 6.07 Å². The zero-order valence-electron chi connectivity index (χ0n) is 14.4. The molecule has 3 heterocycles. The summed E-state index contributed by atoms with van der Waals surface area (Å²) in [4.78, 5) is 15.1. The summed E-state index contributed by atoms with van der Waals surface area (Å²) in [6.45, 7) is 7.80. The molecule has 0 N–H and O–H groups in total. The van der Waals surface area contributed by atoms with E-state index in [-0.39, 0.29) is 5.78 Å². The Bertz CT molecular complexity index is 597. The first kappa shape index (κ1) is 15.4. The van der Waals surface area contributed by atoms with Crippen LogP contribution in [-0.4, -0.2) is 47.6 Å². The van der Waals surface area contributed by atoms with Crippen molar-refractivity contribution in [3.63, 3.8) is 0 Å². The summed E-state index contributed by atoms with van der Waals surface area (Å²) in [5.41, 5.74) is 3.35. The molecule has 4 rings (SSSR count). The maximum absolute atomic E-state index is 12.8. The second kappa shape index (κ2) is 6.06. The SMILES string of the molecule is Cc1cc(C(=O)CN2CCC(C3CCCO3)C2)c(C)n1C1CC1. The molecular weight excluding hydrogens is 288 g/mol. The van der Waals surface area contributed by atoms with E-state index in [1.165, 1.54) is 43.5 Å². The normalized spacial score (nSPS) is 28.6. The third kappa shape index (κ3) is 2.99. The van der Waals surface area contributed by atoms with Crippen molar-refractivity contribution in [3.05, 3.63) is 23.0 Å². The van der Waals surface area contributed by atoms with Gasteiger partial charge in [-0.2, -0.15) is 0 Å². The third-order valence-electron chi connectivity index (χ3n) is 5.86. The molecule has 1 aromatic rings. The number of rotatable bonds is 5. The summed E-state index contributed by atoms with van der Waals surface area (Å²) in [7, 11) is 0. The van der Waals surface area contributed by atoms with Crippen LogP contribution in [0.1, 0.15) is 59.9 Å². The Morgan fingerprint density at radius 2 is 2.09 bits per heavy atom. The first-order valence-electron chi connectivity index (χ1n) is 9.19. The lowest BCUT2D eigenvalue weighted by atomic mass is 9.99. The molecule has 4 nitrogen and oxygen atoms in total. The van der Waals surface area contributed by atoms with Gasteiger partial charge in [-0.15, -0.1) is 0 Å². The van der Waals surface area contributed by atoms with E-state index in [2.05, 4.69) is 29.4 Å². The summed E-state index contributed by atoms with van der Waals surface area (Å²) < 4.78 is 8.20. The Hall–Kier alpha value is -1.13. The van der Waals surface area contributed by atoms with Crippen LogP contribution in [0.5, 0.6) is 0 Å². The van der Waals surface area contributed by atoms with E-state index in [0.717, 1.165) is 25.3 Å². The maximum Gasteiger partial charge on any atom is 0.178 e. The number of carbonyl (C=O) groups excluding carboxylic acids is 1. The minimum Gasteiger partial charge on any atom is -0.378 e. The van der Waals surface area contributed by atoms with Gasteiger partial charge < -0.3 is 9.30 Å². The van der Waals surface area contributed by atoms with Crippen molar-refractivity contribution < 1.29 is 9.53 Å². The zero-order valence-corrected chi connectivity index (χ0v) is 14.4. The van der Waals surface area contributed by atoms with Crippen molar-refractivity contribution in [2.75, 3.05) is 26.2 Å². The van der Waals surface area contributed by atoms with Gasteiger partial charge in [-0.1, -0.05) is 0 Å². The van der Waals surface area contributed by atoms with Crippen LogP contribution in [-0.2, 0) is 4.74 Å². The second-order valence-corrected chi connectivity index (χ2v) is 7.64. The molecule has 0 amide bonds. The summed E-state index contributed by atoms with van der Waals surface area (Å²) in [6, 6.07) is 2.75. The number of hydrogen-bond donors (Lipinski definition) is 0. The highest BCUT2D eigenvalue weighted by Crippen LogP contribution is 2.38. The van der Waals surface area contributed by atoms with Crippen molar-refractivity contribution in [1.82, 2.24) is 9.47 Å². The van der Waals surface area contributed by atoms with Gasteiger partial charge in [-0.05, 0) is 64.5 Å². The number of hydrogen-bond acceptors (Lipinski definition) is 3. The van der Waals surface area contributed by atoms with Crippen LogP contribution in [0.3, 0.4) is 0 Å². The van der Waals surface area contributed by atoms with E-state index >= 15 is 0 Å². The summed E-state index contributed by atoms with van der Waals surface area (Å²) in [6.07, 6.45) is 6.55. The van der Waals surface area contributed by atoms with E-state index in [0.29, 0.717) is 24.6 Å². The fraction of sp³-hybridized carbons (Fsp3) is 0.737. The average molecular weight is 316 g/mol. The fourth-order valence-corrected chi connectivity index (χ4v) is 4.53. The van der Waals surface area contributed by atoms with Crippen LogP contribution < -0.4 is 0 Å². The minimum absolute atomic E-state index is 0.290. The first-order chi connectivity index (χ1) is 11.1. The topological polar surface area (TPSA) is 34.5 Å². The van der Waals surface area contributed by atoms with Gasteiger partial charge in [-0.3, -0.25) is 9.69 Å². The van der Waals surface area contributed by atoms with E-state index in [9.17, 15) is 4.79 Å². The molecule has 126 valence electrons. The van der Waals surface area contributed by atoms with Crippen LogP contribution in [0.2, 0.25) is 0 Å². The number of ketones is 1. The predicted molar refractivity (Wildman–Crippen MR) is 90.0 cm³/mol. The van der Waals surface area contributed by atoms with Crippen molar-refractivity contribution in [3.8, 4) is 0 Å². The molecule has 3 fully saturated rings. The van der Waals surface area contributed by atoms with Gasteiger partial charge in [-0.25, -0.2) is 0 Å². The van der Waals surface area contributed by atoms with Gasteiger partial charge in [0.15, 0.2) is 5.78 Å². The molecule has 1 saturated carbocycles. The smallest absolute Gasteiger partial charge is 0.178 e. The van der Waals surface area contributed by atoms with Gasteiger partial charge in [0.2, 0.25) is 0 Å². The Labute approximate surface area is 138 Å². The molecule has 0 radical (unpaired) electrons. The Kier molecular flexibility index (Phi) is 4.06. The fourth-order valence-electron chi connectivity index (χ4n) is 4.53. The molecule has 3 aliphatic rings. The largest absolute Gasteiger partial charge is 0.378 e. The van der Waals surface area contributed by atoms with E-state index in [1.807, 2.05) is 0 Å². The molecule has 2 atom stereocenters. The van der Waals surface area contributed by atoms with Crippen molar-refractivity contribution in [2.45, 2.75) is 58.1 Å². The Morgan fingerprint density at radius 3 is 2.78 bits per heavy atom. The number of nitrogens with zero attached hydrogens (tertiary/aromatic N) is 2. The molecule has 2 aliphatic heterocycles.